The molecular formula is C22H27N7O7S. The molecule has 3 rings (SSSR count). The lowest BCUT2D eigenvalue weighted by molar-refractivity contribution is -0.140. The summed E-state index contributed by atoms with van der Waals surface area (Å²) < 4.78 is 5.37. The smallest absolute Gasteiger partial charge is 0.415 e. The Hall–Kier alpha value is -4.40. The minimum Gasteiger partial charge on any atom is -0.481 e. The molecule has 15 heteroatoms. The molecule has 3 aromatic rings. The van der Waals surface area contributed by atoms with Crippen LogP contribution >= 0.6 is 11.3 Å². The van der Waals surface area contributed by atoms with E-state index in [2.05, 4.69) is 20.3 Å². The number of aromatic amines is 1. The Morgan fingerprint density at radius 1 is 1.19 bits per heavy atom. The zero-order chi connectivity index (χ0) is 27.3. The van der Waals surface area contributed by atoms with E-state index in [0.29, 0.717) is 22.5 Å². The van der Waals surface area contributed by atoms with Crippen LogP contribution in [-0.2, 0) is 20.7 Å². The number of fused-ring (bicyclic) bond motifs is 1. The lowest BCUT2D eigenvalue weighted by Gasteiger charge is -2.22. The van der Waals surface area contributed by atoms with Crippen LogP contribution in [0.1, 0.15) is 41.9 Å². The van der Waals surface area contributed by atoms with Gasteiger partial charge in [-0.05, 0) is 44.4 Å². The summed E-state index contributed by atoms with van der Waals surface area (Å²) in [4.78, 5) is 60.3. The van der Waals surface area contributed by atoms with E-state index < -0.39 is 42.5 Å². The highest BCUT2D eigenvalue weighted by molar-refractivity contribution is 7.18. The number of hydrogen-bond donors (Lipinski definition) is 6. The maximum Gasteiger partial charge on any atom is 0.415 e. The molecule has 14 nitrogen and oxygen atoms in total. The van der Waals surface area contributed by atoms with Gasteiger partial charge < -0.3 is 36.7 Å². The first kappa shape index (κ1) is 27.2. The van der Waals surface area contributed by atoms with Crippen molar-refractivity contribution in [3.8, 4) is 0 Å². The molecule has 0 radical (unpaired) electrons. The van der Waals surface area contributed by atoms with E-state index in [1.54, 1.807) is 26.1 Å². The molecule has 0 aliphatic heterocycles. The molecule has 0 saturated heterocycles. The fraction of sp³-hybridized carbons (Fsp3) is 0.364. The van der Waals surface area contributed by atoms with Crippen LogP contribution in [0.25, 0.3) is 11.0 Å². The minimum absolute atomic E-state index is 0.0260. The number of rotatable bonds is 11. The van der Waals surface area contributed by atoms with Gasteiger partial charge in [-0.15, -0.1) is 11.3 Å². The largest absolute Gasteiger partial charge is 0.481 e. The zero-order valence-corrected chi connectivity index (χ0v) is 20.9. The molecule has 2 amide bonds. The van der Waals surface area contributed by atoms with Crippen LogP contribution in [0, 0.1) is 0 Å². The lowest BCUT2D eigenvalue weighted by Crippen LogP contribution is -2.40. The molecule has 3 heterocycles. The Morgan fingerprint density at radius 2 is 1.92 bits per heavy atom. The van der Waals surface area contributed by atoms with Gasteiger partial charge in [0.05, 0.1) is 16.4 Å². The second-order valence-electron chi connectivity index (χ2n) is 8.27. The van der Waals surface area contributed by atoms with Crippen molar-refractivity contribution in [1.29, 1.82) is 0 Å². The minimum atomic E-state index is -1.38. The molecule has 1 atom stereocenters. The number of nitrogen functional groups attached to an aromatic ring is 2. The molecule has 0 aromatic carbocycles. The van der Waals surface area contributed by atoms with E-state index in [1.807, 2.05) is 0 Å². The third-order valence-electron chi connectivity index (χ3n) is 5.15. The van der Waals surface area contributed by atoms with Crippen molar-refractivity contribution in [3.63, 3.8) is 0 Å². The lowest BCUT2D eigenvalue weighted by atomic mass is 10.1. The summed E-state index contributed by atoms with van der Waals surface area (Å²) in [6.07, 6.45) is 0.297. The van der Waals surface area contributed by atoms with Gasteiger partial charge in [0.2, 0.25) is 5.95 Å². The maximum atomic E-state index is 12.9. The first-order valence-electron chi connectivity index (χ1n) is 11.2. The van der Waals surface area contributed by atoms with Crippen LogP contribution in [0.15, 0.2) is 18.3 Å². The molecule has 0 saturated carbocycles. The van der Waals surface area contributed by atoms with Crippen LogP contribution in [0.2, 0.25) is 0 Å². The molecule has 0 aliphatic carbocycles. The highest BCUT2D eigenvalue weighted by Gasteiger charge is 2.25. The second kappa shape index (κ2) is 11.6. The van der Waals surface area contributed by atoms with Crippen molar-refractivity contribution in [2.45, 2.75) is 45.3 Å². The van der Waals surface area contributed by atoms with Crippen LogP contribution in [0.4, 0.5) is 21.6 Å². The number of nitrogens with two attached hydrogens (primary N) is 2. The number of anilines is 3. The van der Waals surface area contributed by atoms with Crippen LogP contribution in [0.5, 0.6) is 0 Å². The number of aliphatic carboxylic acids is 2. The summed E-state index contributed by atoms with van der Waals surface area (Å²) in [7, 11) is 0. The third-order valence-corrected chi connectivity index (χ3v) is 6.26. The van der Waals surface area contributed by atoms with Gasteiger partial charge in [-0.1, -0.05) is 0 Å². The molecule has 3 aromatic heterocycles. The summed E-state index contributed by atoms with van der Waals surface area (Å²) >= 11 is 0.959. The highest BCUT2D eigenvalue weighted by Crippen LogP contribution is 2.29. The van der Waals surface area contributed by atoms with Gasteiger partial charge in [0.1, 0.15) is 22.5 Å². The molecule has 0 bridgehead atoms. The number of carboxylic acids is 2. The van der Waals surface area contributed by atoms with Crippen molar-refractivity contribution < 1.29 is 34.1 Å². The molecule has 0 unspecified atom stereocenters. The number of ether oxygens (including phenoxy) is 1. The van der Waals surface area contributed by atoms with Gasteiger partial charge in [0.25, 0.3) is 5.91 Å². The molecule has 0 fully saturated rings. The first-order chi connectivity index (χ1) is 17.5. The third kappa shape index (κ3) is 6.84. The number of hydrogen-bond acceptors (Lipinski definition) is 10. The predicted molar refractivity (Wildman–Crippen MR) is 135 cm³/mol. The summed E-state index contributed by atoms with van der Waals surface area (Å²) in [5, 5.41) is 21.4. The maximum absolute atomic E-state index is 12.9. The standard InChI is InChI=1S/C22H27N7O7S/c1-10(2)36-22(35)29(8-7-11-9-25-18-16(11)17(23)27-21(24)28-18)14-5-4-13(37-14)19(32)26-12(20(33)34)3-6-15(30)31/h4-5,9-10,12H,3,6-8H2,1-2H3,(H,26,32)(H,30,31)(H,33,34)(H5,23,24,25,27,28)/t12-/m0/s1. The van der Waals surface area contributed by atoms with E-state index in [-0.39, 0.29) is 29.6 Å². The fourth-order valence-electron chi connectivity index (χ4n) is 3.48. The number of carbonyl (C=O) groups is 4. The molecule has 0 aliphatic rings. The zero-order valence-electron chi connectivity index (χ0n) is 20.1. The van der Waals surface area contributed by atoms with E-state index in [0.717, 1.165) is 16.9 Å². The number of thiophene rings is 1. The summed E-state index contributed by atoms with van der Waals surface area (Å²) in [6.45, 7) is 3.56. The average Bonchev–Trinajstić information content (AvgIpc) is 3.43. The van der Waals surface area contributed by atoms with Crippen molar-refractivity contribution in [1.82, 2.24) is 20.3 Å². The molecule has 198 valence electrons. The molecule has 8 N–H and O–H groups in total. The van der Waals surface area contributed by atoms with Gasteiger partial charge in [-0.25, -0.2) is 9.59 Å². The van der Waals surface area contributed by atoms with E-state index in [4.69, 9.17) is 21.3 Å². The average molecular weight is 534 g/mol. The summed E-state index contributed by atoms with van der Waals surface area (Å²) in [5.41, 5.74) is 12.9. The predicted octanol–water partition coefficient (Wildman–Crippen LogP) is 1.83. The number of carbonyl (C=O) groups excluding carboxylic acids is 2. The Balaban J connectivity index is 1.80. The Bertz CT molecular complexity index is 1320. The van der Waals surface area contributed by atoms with Crippen molar-refractivity contribution in [2.75, 3.05) is 22.9 Å². The number of aromatic nitrogens is 3. The normalized spacial score (nSPS) is 11.9. The summed E-state index contributed by atoms with van der Waals surface area (Å²) in [6, 6.07) is 1.61. The molecule has 0 spiro atoms. The van der Waals surface area contributed by atoms with Gasteiger partial charge in [-0.3, -0.25) is 14.5 Å². The van der Waals surface area contributed by atoms with Gasteiger partial charge >= 0.3 is 18.0 Å². The molecular weight excluding hydrogens is 506 g/mol. The molecule has 37 heavy (non-hydrogen) atoms. The van der Waals surface area contributed by atoms with Crippen molar-refractivity contribution in [2.24, 2.45) is 0 Å². The van der Waals surface area contributed by atoms with Crippen molar-refractivity contribution in [3.05, 3.63) is 28.8 Å². The fourth-order valence-corrected chi connectivity index (χ4v) is 4.41. The monoisotopic (exact) mass is 533 g/mol. The van der Waals surface area contributed by atoms with Crippen LogP contribution in [0.3, 0.4) is 0 Å². The number of carboxylic acid groups (broad SMARTS) is 2. The first-order valence-corrected chi connectivity index (χ1v) is 12.0. The number of H-pyrrole nitrogens is 1. The van der Waals surface area contributed by atoms with E-state index >= 15 is 0 Å². The number of nitrogens with zero attached hydrogens (tertiary/aromatic N) is 3. The second-order valence-corrected chi connectivity index (χ2v) is 9.34. The quantitative estimate of drug-likeness (QED) is 0.208. The SMILES string of the molecule is CC(C)OC(=O)N(CCc1c[nH]c2nc(N)nc(N)c12)c1ccc(C(=O)N[C@@H](CCC(=O)O)C(=O)O)s1. The summed E-state index contributed by atoms with van der Waals surface area (Å²) in [5.74, 6) is -3.01. The van der Waals surface area contributed by atoms with Crippen LogP contribution < -0.4 is 21.7 Å². The van der Waals surface area contributed by atoms with Gasteiger partial charge in [0, 0.05) is 19.2 Å². The van der Waals surface area contributed by atoms with E-state index in [1.165, 1.54) is 11.0 Å². The van der Waals surface area contributed by atoms with Gasteiger partial charge in [-0.2, -0.15) is 9.97 Å². The topological polar surface area (TPSA) is 227 Å². The van der Waals surface area contributed by atoms with Gasteiger partial charge in [0.15, 0.2) is 0 Å². The highest BCUT2D eigenvalue weighted by atomic mass is 32.1. The Kier molecular flexibility index (Phi) is 8.49. The van der Waals surface area contributed by atoms with Crippen LogP contribution in [-0.4, -0.2) is 67.8 Å². The van der Waals surface area contributed by atoms with Crippen molar-refractivity contribution >= 4 is 63.1 Å². The Morgan fingerprint density at radius 3 is 2.57 bits per heavy atom. The van der Waals surface area contributed by atoms with E-state index in [9.17, 15) is 24.3 Å². The number of nitrogens with one attached hydrogen (secondary N) is 2. The number of amides is 2. The Labute approximate surface area is 214 Å².